The average Bonchev–Trinajstić information content (AvgIpc) is 2.48. The summed E-state index contributed by atoms with van der Waals surface area (Å²) in [6, 6.07) is 3.55. The second-order valence-electron chi connectivity index (χ2n) is 5.68. The smallest absolute Gasteiger partial charge is 0.353 e. The number of piperidine rings is 1. The van der Waals surface area contributed by atoms with Gasteiger partial charge in [-0.05, 0) is 31.4 Å². The summed E-state index contributed by atoms with van der Waals surface area (Å²) in [7, 11) is 0. The Morgan fingerprint density at radius 1 is 1.45 bits per heavy atom. The number of rotatable bonds is 4. The minimum atomic E-state index is -4.16. The summed E-state index contributed by atoms with van der Waals surface area (Å²) in [4.78, 5) is 17.6. The van der Waals surface area contributed by atoms with E-state index in [0.29, 0.717) is 25.9 Å². The van der Waals surface area contributed by atoms with Crippen LogP contribution >= 0.6 is 0 Å². The largest absolute Gasteiger partial charge is 0.401 e. The number of hydrogen-bond acceptors (Lipinski definition) is 3. The second kappa shape index (κ2) is 7.09. The fourth-order valence-electron chi connectivity index (χ4n) is 2.60. The number of pyridine rings is 1. The lowest BCUT2D eigenvalue weighted by molar-refractivity contribution is -0.148. The van der Waals surface area contributed by atoms with E-state index in [1.54, 1.807) is 25.4 Å². The SMILES string of the molecule is CC(C(=O)NC1CCN(CC(F)(F)F)CC1)c1cccnc1. The van der Waals surface area contributed by atoms with E-state index in [1.807, 2.05) is 6.07 Å². The molecule has 2 rings (SSSR count). The fraction of sp³-hybridized carbons (Fsp3) is 0.600. The van der Waals surface area contributed by atoms with Crippen LogP contribution < -0.4 is 5.32 Å². The summed E-state index contributed by atoms with van der Waals surface area (Å²) < 4.78 is 37.0. The Hall–Kier alpha value is -1.63. The third kappa shape index (κ3) is 4.98. The molecule has 0 spiro atoms. The zero-order valence-electron chi connectivity index (χ0n) is 12.4. The Morgan fingerprint density at radius 3 is 2.68 bits per heavy atom. The lowest BCUT2D eigenvalue weighted by atomic mass is 10.00. The summed E-state index contributed by atoms with van der Waals surface area (Å²) >= 11 is 0. The van der Waals surface area contributed by atoms with Crippen LogP contribution in [0.5, 0.6) is 0 Å². The molecule has 0 radical (unpaired) electrons. The van der Waals surface area contributed by atoms with Crippen molar-refractivity contribution in [3.63, 3.8) is 0 Å². The molecule has 1 unspecified atom stereocenters. The minimum absolute atomic E-state index is 0.0592. The van der Waals surface area contributed by atoms with Gasteiger partial charge >= 0.3 is 6.18 Å². The van der Waals surface area contributed by atoms with Crippen LogP contribution in [0.15, 0.2) is 24.5 Å². The van der Waals surface area contributed by atoms with Gasteiger partial charge in [-0.15, -0.1) is 0 Å². The van der Waals surface area contributed by atoms with Gasteiger partial charge in [0.1, 0.15) is 0 Å². The molecule has 0 aromatic carbocycles. The predicted molar refractivity (Wildman–Crippen MR) is 76.3 cm³/mol. The molecule has 1 atom stereocenters. The van der Waals surface area contributed by atoms with Gasteiger partial charge in [-0.1, -0.05) is 6.07 Å². The molecule has 1 fully saturated rings. The number of carbonyl (C=O) groups is 1. The van der Waals surface area contributed by atoms with Crippen LogP contribution in [0.1, 0.15) is 31.2 Å². The van der Waals surface area contributed by atoms with Crippen molar-refractivity contribution in [1.29, 1.82) is 0 Å². The van der Waals surface area contributed by atoms with E-state index >= 15 is 0 Å². The predicted octanol–water partition coefficient (Wildman–Crippen LogP) is 2.33. The minimum Gasteiger partial charge on any atom is -0.353 e. The first-order valence-corrected chi connectivity index (χ1v) is 7.34. The molecule has 1 aromatic rings. The van der Waals surface area contributed by atoms with E-state index in [0.717, 1.165) is 5.56 Å². The highest BCUT2D eigenvalue weighted by Gasteiger charge is 2.33. The molecule has 1 aliphatic rings. The fourth-order valence-corrected chi connectivity index (χ4v) is 2.60. The number of likely N-dealkylation sites (tertiary alicyclic amines) is 1. The van der Waals surface area contributed by atoms with Gasteiger partial charge < -0.3 is 5.32 Å². The first kappa shape index (κ1) is 16.7. The van der Waals surface area contributed by atoms with E-state index in [-0.39, 0.29) is 17.9 Å². The van der Waals surface area contributed by atoms with Crippen molar-refractivity contribution in [3.05, 3.63) is 30.1 Å². The number of carbonyl (C=O) groups excluding carboxylic acids is 1. The Balaban J connectivity index is 1.79. The molecular formula is C15H20F3N3O. The summed E-state index contributed by atoms with van der Waals surface area (Å²) in [5, 5.41) is 2.93. The van der Waals surface area contributed by atoms with Crippen LogP contribution in [-0.4, -0.2) is 47.6 Å². The molecule has 1 N–H and O–H groups in total. The molecule has 22 heavy (non-hydrogen) atoms. The highest BCUT2D eigenvalue weighted by Crippen LogP contribution is 2.20. The molecule has 1 amide bonds. The summed E-state index contributed by atoms with van der Waals surface area (Å²) in [6.07, 6.45) is 0.217. The molecule has 1 saturated heterocycles. The Labute approximate surface area is 127 Å². The van der Waals surface area contributed by atoms with Crippen LogP contribution in [0, 0.1) is 0 Å². The average molecular weight is 315 g/mol. The van der Waals surface area contributed by atoms with Gasteiger partial charge in [-0.25, -0.2) is 0 Å². The molecule has 1 aromatic heterocycles. The zero-order chi connectivity index (χ0) is 16.2. The summed E-state index contributed by atoms with van der Waals surface area (Å²) in [5.41, 5.74) is 0.828. The Kier molecular flexibility index (Phi) is 5.39. The van der Waals surface area contributed by atoms with Crippen molar-refractivity contribution < 1.29 is 18.0 Å². The monoisotopic (exact) mass is 315 g/mol. The highest BCUT2D eigenvalue weighted by molar-refractivity contribution is 5.83. The van der Waals surface area contributed by atoms with Crippen LogP contribution in [-0.2, 0) is 4.79 Å². The number of alkyl halides is 3. The van der Waals surface area contributed by atoms with Crippen LogP contribution in [0.3, 0.4) is 0 Å². The van der Waals surface area contributed by atoms with E-state index in [9.17, 15) is 18.0 Å². The molecule has 4 nitrogen and oxygen atoms in total. The third-order valence-electron chi connectivity index (χ3n) is 3.91. The van der Waals surface area contributed by atoms with E-state index in [4.69, 9.17) is 0 Å². The number of hydrogen-bond donors (Lipinski definition) is 1. The first-order valence-electron chi connectivity index (χ1n) is 7.34. The maximum absolute atomic E-state index is 12.3. The number of aromatic nitrogens is 1. The number of nitrogens with zero attached hydrogens (tertiary/aromatic N) is 2. The molecule has 1 aliphatic heterocycles. The molecule has 0 saturated carbocycles. The molecule has 7 heteroatoms. The highest BCUT2D eigenvalue weighted by atomic mass is 19.4. The lowest BCUT2D eigenvalue weighted by Gasteiger charge is -2.33. The Morgan fingerprint density at radius 2 is 2.14 bits per heavy atom. The van der Waals surface area contributed by atoms with Crippen molar-refractivity contribution in [2.75, 3.05) is 19.6 Å². The van der Waals surface area contributed by atoms with Crippen molar-refractivity contribution >= 4 is 5.91 Å². The normalized spacial score (nSPS) is 18.9. The molecule has 0 aliphatic carbocycles. The molecule has 0 bridgehead atoms. The first-order chi connectivity index (χ1) is 10.3. The quantitative estimate of drug-likeness (QED) is 0.927. The molecule has 2 heterocycles. The van der Waals surface area contributed by atoms with Gasteiger partial charge in [0.25, 0.3) is 0 Å². The van der Waals surface area contributed by atoms with Gasteiger partial charge in [0.2, 0.25) is 5.91 Å². The number of nitrogens with one attached hydrogen (secondary N) is 1. The van der Waals surface area contributed by atoms with Gasteiger partial charge in [0.05, 0.1) is 12.5 Å². The van der Waals surface area contributed by atoms with Gasteiger partial charge in [0.15, 0.2) is 0 Å². The van der Waals surface area contributed by atoms with E-state index in [2.05, 4.69) is 10.3 Å². The van der Waals surface area contributed by atoms with Gasteiger partial charge in [-0.3, -0.25) is 14.7 Å². The summed E-state index contributed by atoms with van der Waals surface area (Å²) in [6.45, 7) is 1.63. The van der Waals surface area contributed by atoms with Crippen LogP contribution in [0.2, 0.25) is 0 Å². The maximum Gasteiger partial charge on any atom is 0.401 e. The zero-order valence-corrected chi connectivity index (χ0v) is 12.4. The summed E-state index contributed by atoms with van der Waals surface area (Å²) in [5.74, 6) is -0.427. The van der Waals surface area contributed by atoms with Crippen LogP contribution in [0.4, 0.5) is 13.2 Å². The Bertz CT molecular complexity index is 485. The van der Waals surface area contributed by atoms with Gasteiger partial charge in [0, 0.05) is 31.5 Å². The number of amides is 1. The van der Waals surface area contributed by atoms with Crippen molar-refractivity contribution in [2.24, 2.45) is 0 Å². The topological polar surface area (TPSA) is 45.2 Å². The van der Waals surface area contributed by atoms with Crippen molar-refractivity contribution in [3.8, 4) is 0 Å². The lowest BCUT2D eigenvalue weighted by Crippen LogP contribution is -2.47. The maximum atomic E-state index is 12.3. The molecular weight excluding hydrogens is 295 g/mol. The standard InChI is InChI=1S/C15H20F3N3O/c1-11(12-3-2-6-19-9-12)14(22)20-13-4-7-21(8-5-13)10-15(16,17)18/h2-3,6,9,11,13H,4-5,7-8,10H2,1H3,(H,20,22). The number of halogens is 3. The van der Waals surface area contributed by atoms with Gasteiger partial charge in [-0.2, -0.15) is 13.2 Å². The van der Waals surface area contributed by atoms with Crippen molar-refractivity contribution in [2.45, 2.75) is 37.9 Å². The van der Waals surface area contributed by atoms with E-state index < -0.39 is 12.7 Å². The van der Waals surface area contributed by atoms with E-state index in [1.165, 1.54) is 4.90 Å². The molecule has 122 valence electrons. The second-order valence-corrected chi connectivity index (χ2v) is 5.68. The van der Waals surface area contributed by atoms with Crippen molar-refractivity contribution in [1.82, 2.24) is 15.2 Å². The third-order valence-corrected chi connectivity index (χ3v) is 3.91. The van der Waals surface area contributed by atoms with Crippen LogP contribution in [0.25, 0.3) is 0 Å².